The van der Waals surface area contributed by atoms with Crippen LogP contribution in [0, 0.1) is 13.8 Å². The maximum atomic E-state index is 10.6. The summed E-state index contributed by atoms with van der Waals surface area (Å²) in [4.78, 5) is 10.6. The average Bonchev–Trinajstić information content (AvgIpc) is 2.38. The van der Waals surface area contributed by atoms with Gasteiger partial charge >= 0.3 is 0 Å². The second kappa shape index (κ2) is 4.60. The first-order chi connectivity index (χ1) is 6.56. The summed E-state index contributed by atoms with van der Waals surface area (Å²) in [5, 5.41) is 4.05. The molecule has 1 aromatic rings. The van der Waals surface area contributed by atoms with E-state index in [9.17, 15) is 4.79 Å². The fraction of sp³-hybridized carbons (Fsp3) is 0.600. The number of halogens is 1. The van der Waals surface area contributed by atoms with Gasteiger partial charge in [-0.2, -0.15) is 5.10 Å². The molecule has 1 heterocycles. The van der Waals surface area contributed by atoms with Crippen molar-refractivity contribution in [1.29, 1.82) is 0 Å². The van der Waals surface area contributed by atoms with Crippen molar-refractivity contribution in [3.8, 4) is 0 Å². The van der Waals surface area contributed by atoms with E-state index >= 15 is 0 Å². The van der Waals surface area contributed by atoms with Crippen molar-refractivity contribution >= 4 is 16.8 Å². The Morgan fingerprint density at radius 1 is 1.50 bits per heavy atom. The number of aromatic nitrogens is 2. The summed E-state index contributed by atoms with van der Waals surface area (Å²) in [6.07, 6.45) is 1.32. The molecule has 0 radical (unpaired) electrons. The van der Waals surface area contributed by atoms with Gasteiger partial charge in [0.15, 0.2) is 0 Å². The van der Waals surface area contributed by atoms with Gasteiger partial charge in [0.1, 0.15) is 0 Å². The van der Waals surface area contributed by atoms with Crippen molar-refractivity contribution < 1.29 is 4.79 Å². The van der Waals surface area contributed by atoms with Crippen molar-refractivity contribution in [1.82, 2.24) is 9.78 Å². The molecule has 0 N–H and O–H groups in total. The Bertz CT molecular complexity index is 344. The highest BCUT2D eigenvalue weighted by atomic mass is 35.5. The van der Waals surface area contributed by atoms with Gasteiger partial charge in [0.05, 0.1) is 5.69 Å². The number of nitrogens with zero attached hydrogens (tertiary/aromatic N) is 2. The molecule has 0 unspecified atom stereocenters. The first kappa shape index (κ1) is 11.2. The fourth-order valence-corrected chi connectivity index (χ4v) is 1.74. The monoisotopic (exact) mass is 214 g/mol. The number of hydrogen-bond acceptors (Lipinski definition) is 2. The summed E-state index contributed by atoms with van der Waals surface area (Å²) in [7, 11) is 0. The lowest BCUT2D eigenvalue weighted by Gasteiger charge is -2.01. The molecule has 0 fully saturated rings. The summed E-state index contributed by atoms with van der Waals surface area (Å²) in [5.41, 5.74) is 3.46. The second-order valence-corrected chi connectivity index (χ2v) is 3.75. The van der Waals surface area contributed by atoms with Gasteiger partial charge in [-0.1, -0.05) is 6.92 Å². The summed E-state index contributed by atoms with van der Waals surface area (Å²) in [6.45, 7) is 6.70. The number of carbonyl (C=O) groups excluding carboxylic acids is 1. The second-order valence-electron chi connectivity index (χ2n) is 3.33. The molecule has 0 aromatic carbocycles. The van der Waals surface area contributed by atoms with Gasteiger partial charge in [0.2, 0.25) is 5.24 Å². The van der Waals surface area contributed by atoms with Crippen LogP contribution in [0.15, 0.2) is 0 Å². The van der Waals surface area contributed by atoms with Crippen LogP contribution in [-0.4, -0.2) is 15.0 Å². The van der Waals surface area contributed by atoms with E-state index in [0.29, 0.717) is 13.0 Å². The van der Waals surface area contributed by atoms with Crippen LogP contribution in [0.25, 0.3) is 0 Å². The molecule has 0 atom stereocenters. The molecular weight excluding hydrogens is 200 g/mol. The van der Waals surface area contributed by atoms with Crippen molar-refractivity contribution in [3.63, 3.8) is 0 Å². The van der Waals surface area contributed by atoms with Crippen molar-refractivity contribution in [3.05, 3.63) is 17.0 Å². The largest absolute Gasteiger partial charge is 0.281 e. The molecule has 0 saturated carbocycles. The predicted octanol–water partition coefficient (Wildman–Crippen LogP) is 2.22. The third kappa shape index (κ3) is 2.35. The van der Waals surface area contributed by atoms with E-state index in [0.717, 1.165) is 17.8 Å². The molecule has 0 saturated heterocycles. The highest BCUT2D eigenvalue weighted by molar-refractivity contribution is 6.63. The van der Waals surface area contributed by atoms with E-state index in [2.05, 4.69) is 12.0 Å². The van der Waals surface area contributed by atoms with Crippen molar-refractivity contribution in [2.24, 2.45) is 0 Å². The van der Waals surface area contributed by atoms with Crippen molar-refractivity contribution in [2.75, 3.05) is 0 Å². The van der Waals surface area contributed by atoms with Crippen LogP contribution in [-0.2, 0) is 17.8 Å². The van der Waals surface area contributed by atoms with Gasteiger partial charge in [-0.15, -0.1) is 0 Å². The summed E-state index contributed by atoms with van der Waals surface area (Å²) in [6, 6.07) is 0. The lowest BCUT2D eigenvalue weighted by atomic mass is 10.1. The molecule has 78 valence electrons. The number of rotatable bonds is 4. The van der Waals surface area contributed by atoms with Gasteiger partial charge in [-0.25, -0.2) is 0 Å². The molecule has 1 rings (SSSR count). The van der Waals surface area contributed by atoms with Crippen LogP contribution in [0.1, 0.15) is 30.3 Å². The molecule has 0 aliphatic carbocycles. The van der Waals surface area contributed by atoms with Gasteiger partial charge in [0.25, 0.3) is 0 Å². The lowest BCUT2D eigenvalue weighted by Crippen LogP contribution is -2.05. The topological polar surface area (TPSA) is 34.9 Å². The maximum absolute atomic E-state index is 10.6. The van der Waals surface area contributed by atoms with Crippen LogP contribution >= 0.6 is 11.6 Å². The molecule has 14 heavy (non-hydrogen) atoms. The molecule has 0 aliphatic heterocycles. The van der Waals surface area contributed by atoms with Gasteiger partial charge in [-0.05, 0) is 37.4 Å². The zero-order valence-corrected chi connectivity index (χ0v) is 9.56. The zero-order valence-electron chi connectivity index (χ0n) is 8.80. The Balaban J connectivity index is 2.83. The van der Waals surface area contributed by atoms with E-state index in [1.807, 2.05) is 18.5 Å². The standard InChI is InChI=1S/C10H15ClN2O/c1-4-9-7(2)12-13(8(9)3)6-5-10(11)14/h4-6H2,1-3H3. The SMILES string of the molecule is CCc1c(C)nn(CCC(=O)Cl)c1C. The molecule has 3 nitrogen and oxygen atoms in total. The normalized spacial score (nSPS) is 10.6. The lowest BCUT2D eigenvalue weighted by molar-refractivity contribution is -0.111. The van der Waals surface area contributed by atoms with Crippen LogP contribution in [0.4, 0.5) is 0 Å². The highest BCUT2D eigenvalue weighted by Crippen LogP contribution is 2.13. The van der Waals surface area contributed by atoms with Gasteiger partial charge in [-0.3, -0.25) is 9.48 Å². The van der Waals surface area contributed by atoms with E-state index in [-0.39, 0.29) is 5.24 Å². The van der Waals surface area contributed by atoms with E-state index < -0.39 is 0 Å². The van der Waals surface area contributed by atoms with Crippen LogP contribution in [0.2, 0.25) is 0 Å². The first-order valence-corrected chi connectivity index (χ1v) is 5.15. The maximum Gasteiger partial charge on any atom is 0.223 e. The smallest absolute Gasteiger partial charge is 0.223 e. The molecular formula is C10H15ClN2O. The minimum Gasteiger partial charge on any atom is -0.281 e. The van der Waals surface area contributed by atoms with Crippen molar-refractivity contribution in [2.45, 2.75) is 40.2 Å². The summed E-state index contributed by atoms with van der Waals surface area (Å²) in [5.74, 6) is 0. The number of hydrogen-bond donors (Lipinski definition) is 0. The summed E-state index contributed by atoms with van der Waals surface area (Å²) >= 11 is 5.28. The molecule has 4 heteroatoms. The molecule has 0 aliphatic rings. The minimum atomic E-state index is -0.310. The Morgan fingerprint density at radius 2 is 2.14 bits per heavy atom. The fourth-order valence-electron chi connectivity index (χ4n) is 1.66. The summed E-state index contributed by atoms with van der Waals surface area (Å²) < 4.78 is 1.86. The predicted molar refractivity (Wildman–Crippen MR) is 56.6 cm³/mol. The zero-order chi connectivity index (χ0) is 10.7. The van der Waals surface area contributed by atoms with Crippen LogP contribution < -0.4 is 0 Å². The van der Waals surface area contributed by atoms with Crippen LogP contribution in [0.5, 0.6) is 0 Å². The van der Waals surface area contributed by atoms with Crippen LogP contribution in [0.3, 0.4) is 0 Å². The van der Waals surface area contributed by atoms with E-state index in [1.54, 1.807) is 0 Å². The quantitative estimate of drug-likeness (QED) is 0.721. The minimum absolute atomic E-state index is 0.310. The Morgan fingerprint density at radius 3 is 2.57 bits per heavy atom. The third-order valence-corrected chi connectivity index (χ3v) is 2.59. The first-order valence-electron chi connectivity index (χ1n) is 4.77. The molecule has 0 bridgehead atoms. The third-order valence-electron chi connectivity index (χ3n) is 2.41. The Labute approximate surface area is 89.1 Å². The average molecular weight is 215 g/mol. The number of aryl methyl sites for hydroxylation is 2. The molecule has 1 aromatic heterocycles. The molecule has 0 spiro atoms. The van der Waals surface area contributed by atoms with E-state index in [1.165, 1.54) is 5.56 Å². The highest BCUT2D eigenvalue weighted by Gasteiger charge is 2.09. The van der Waals surface area contributed by atoms with Gasteiger partial charge < -0.3 is 0 Å². The van der Waals surface area contributed by atoms with E-state index in [4.69, 9.17) is 11.6 Å². The van der Waals surface area contributed by atoms with Gasteiger partial charge in [0, 0.05) is 18.7 Å². The Hall–Kier alpha value is -0.830. The number of carbonyl (C=O) groups is 1. The Kier molecular flexibility index (Phi) is 3.69. The molecule has 0 amide bonds.